The van der Waals surface area contributed by atoms with E-state index in [0.29, 0.717) is 24.9 Å². The van der Waals surface area contributed by atoms with Gasteiger partial charge in [-0.1, -0.05) is 13.8 Å². The number of β-amino-alcohol motifs (C(OH)–C–C–N with tert-alkyl or cyclic N) is 1. The molecule has 1 aliphatic rings. The van der Waals surface area contributed by atoms with Gasteiger partial charge in [-0.3, -0.25) is 0 Å². The summed E-state index contributed by atoms with van der Waals surface area (Å²) in [6, 6.07) is 0. The van der Waals surface area contributed by atoms with Gasteiger partial charge in [0.25, 0.3) is 5.95 Å². The van der Waals surface area contributed by atoms with Gasteiger partial charge in [-0.15, -0.1) is 0 Å². The van der Waals surface area contributed by atoms with Crippen LogP contribution in [0.5, 0.6) is 0 Å². The standard InChI is InChI=1S/C11H20N4O2/c1-8(2)9-14-10(15-17-9)13-7-11(16)4-3-5-12-6-11/h8,12,16H,3-7H2,1-2H3,(H,13,15)/t11-/m1/s1. The molecule has 17 heavy (non-hydrogen) atoms. The Bertz CT molecular complexity index is 358. The first-order valence-corrected chi connectivity index (χ1v) is 6.10. The van der Waals surface area contributed by atoms with E-state index in [1.807, 2.05) is 13.8 Å². The molecule has 1 aliphatic heterocycles. The highest BCUT2D eigenvalue weighted by Gasteiger charge is 2.29. The number of piperidine rings is 1. The van der Waals surface area contributed by atoms with Gasteiger partial charge in [0.1, 0.15) is 0 Å². The summed E-state index contributed by atoms with van der Waals surface area (Å²) in [6.45, 7) is 6.01. The maximum absolute atomic E-state index is 10.2. The van der Waals surface area contributed by atoms with Crippen LogP contribution in [-0.2, 0) is 0 Å². The van der Waals surface area contributed by atoms with E-state index in [9.17, 15) is 5.11 Å². The minimum atomic E-state index is -0.711. The third kappa shape index (κ3) is 3.17. The number of hydrogen-bond acceptors (Lipinski definition) is 6. The van der Waals surface area contributed by atoms with Crippen LogP contribution in [-0.4, -0.2) is 40.5 Å². The second-order valence-electron chi connectivity index (χ2n) is 4.97. The Kier molecular flexibility index (Phi) is 3.63. The van der Waals surface area contributed by atoms with Crippen LogP contribution in [0.2, 0.25) is 0 Å². The summed E-state index contributed by atoms with van der Waals surface area (Å²) in [4.78, 5) is 4.20. The molecule has 0 spiro atoms. The lowest BCUT2D eigenvalue weighted by Gasteiger charge is -2.32. The predicted octanol–water partition coefficient (Wildman–Crippen LogP) is 0.719. The average molecular weight is 240 g/mol. The molecule has 1 aromatic heterocycles. The molecule has 1 aromatic rings. The Labute approximate surface area is 101 Å². The highest BCUT2D eigenvalue weighted by atomic mass is 16.5. The van der Waals surface area contributed by atoms with Gasteiger partial charge in [0, 0.05) is 19.0 Å². The summed E-state index contributed by atoms with van der Waals surface area (Å²) < 4.78 is 5.08. The molecule has 0 radical (unpaired) electrons. The molecule has 0 aromatic carbocycles. The van der Waals surface area contributed by atoms with E-state index < -0.39 is 5.60 Å². The number of aliphatic hydroxyl groups is 1. The topological polar surface area (TPSA) is 83.2 Å². The van der Waals surface area contributed by atoms with Crippen molar-refractivity contribution in [1.82, 2.24) is 15.5 Å². The first-order chi connectivity index (χ1) is 8.09. The number of aromatic nitrogens is 2. The molecule has 0 amide bonds. The third-order valence-corrected chi connectivity index (χ3v) is 2.96. The van der Waals surface area contributed by atoms with E-state index in [0.717, 1.165) is 19.4 Å². The number of hydrogen-bond donors (Lipinski definition) is 3. The fraction of sp³-hybridized carbons (Fsp3) is 0.818. The van der Waals surface area contributed by atoms with E-state index in [2.05, 4.69) is 20.8 Å². The van der Waals surface area contributed by atoms with E-state index in [1.165, 1.54) is 0 Å². The normalized spacial score (nSPS) is 25.2. The van der Waals surface area contributed by atoms with Crippen LogP contribution in [0.1, 0.15) is 38.5 Å². The minimum absolute atomic E-state index is 0.220. The molecule has 96 valence electrons. The number of nitrogens with zero attached hydrogens (tertiary/aromatic N) is 2. The molecule has 1 saturated heterocycles. The predicted molar refractivity (Wildman–Crippen MR) is 63.9 cm³/mol. The van der Waals surface area contributed by atoms with Gasteiger partial charge in [0.05, 0.1) is 5.60 Å². The number of rotatable bonds is 4. The lowest BCUT2D eigenvalue weighted by atomic mass is 9.94. The molecule has 1 atom stereocenters. The molecular weight excluding hydrogens is 220 g/mol. The largest absolute Gasteiger partial charge is 0.387 e. The summed E-state index contributed by atoms with van der Waals surface area (Å²) in [7, 11) is 0. The van der Waals surface area contributed by atoms with E-state index in [-0.39, 0.29) is 5.92 Å². The van der Waals surface area contributed by atoms with Crippen LogP contribution < -0.4 is 10.6 Å². The van der Waals surface area contributed by atoms with Crippen LogP contribution in [0.25, 0.3) is 0 Å². The molecule has 1 fully saturated rings. The highest BCUT2D eigenvalue weighted by Crippen LogP contribution is 2.17. The Morgan fingerprint density at radius 3 is 3.00 bits per heavy atom. The van der Waals surface area contributed by atoms with Gasteiger partial charge < -0.3 is 20.3 Å². The van der Waals surface area contributed by atoms with Crippen molar-refractivity contribution in [3.05, 3.63) is 5.89 Å². The molecular formula is C11H20N4O2. The quantitative estimate of drug-likeness (QED) is 0.719. The van der Waals surface area contributed by atoms with E-state index in [4.69, 9.17) is 4.52 Å². The second kappa shape index (κ2) is 5.01. The zero-order valence-electron chi connectivity index (χ0n) is 10.4. The van der Waals surface area contributed by atoms with Gasteiger partial charge in [-0.25, -0.2) is 0 Å². The zero-order chi connectivity index (χ0) is 12.3. The summed E-state index contributed by atoms with van der Waals surface area (Å²) in [5.41, 5.74) is -0.711. The van der Waals surface area contributed by atoms with Crippen molar-refractivity contribution in [3.8, 4) is 0 Å². The Morgan fingerprint density at radius 1 is 1.59 bits per heavy atom. The Balaban J connectivity index is 1.88. The fourth-order valence-corrected chi connectivity index (χ4v) is 1.89. The number of nitrogens with one attached hydrogen (secondary N) is 2. The van der Waals surface area contributed by atoms with Crippen molar-refractivity contribution in [3.63, 3.8) is 0 Å². The minimum Gasteiger partial charge on any atom is -0.387 e. The van der Waals surface area contributed by atoms with Crippen LogP contribution in [0.4, 0.5) is 5.95 Å². The summed E-state index contributed by atoms with van der Waals surface area (Å²) in [6.07, 6.45) is 1.78. The lowest BCUT2D eigenvalue weighted by molar-refractivity contribution is 0.0290. The second-order valence-corrected chi connectivity index (χ2v) is 4.97. The molecule has 2 rings (SSSR count). The summed E-state index contributed by atoms with van der Waals surface area (Å²) in [5.74, 6) is 1.28. The van der Waals surface area contributed by atoms with Crippen molar-refractivity contribution in [2.45, 2.75) is 38.2 Å². The van der Waals surface area contributed by atoms with Crippen LogP contribution in [0, 0.1) is 0 Å². The smallest absolute Gasteiger partial charge is 0.263 e. The molecule has 3 N–H and O–H groups in total. The maximum atomic E-state index is 10.2. The molecule has 0 aliphatic carbocycles. The van der Waals surface area contributed by atoms with Crippen molar-refractivity contribution in [1.29, 1.82) is 0 Å². The first-order valence-electron chi connectivity index (χ1n) is 6.10. The van der Waals surface area contributed by atoms with E-state index >= 15 is 0 Å². The zero-order valence-corrected chi connectivity index (χ0v) is 10.4. The molecule has 2 heterocycles. The Morgan fingerprint density at radius 2 is 2.41 bits per heavy atom. The Hall–Kier alpha value is -1.14. The molecule has 6 nitrogen and oxygen atoms in total. The van der Waals surface area contributed by atoms with Crippen molar-refractivity contribution in [2.75, 3.05) is 25.0 Å². The van der Waals surface area contributed by atoms with Crippen molar-refractivity contribution in [2.24, 2.45) is 0 Å². The van der Waals surface area contributed by atoms with Gasteiger partial charge in [-0.2, -0.15) is 4.98 Å². The third-order valence-electron chi connectivity index (χ3n) is 2.96. The monoisotopic (exact) mass is 240 g/mol. The molecule has 6 heteroatoms. The fourth-order valence-electron chi connectivity index (χ4n) is 1.89. The molecule has 0 saturated carbocycles. The van der Waals surface area contributed by atoms with Gasteiger partial charge >= 0.3 is 0 Å². The average Bonchev–Trinajstić information content (AvgIpc) is 2.76. The van der Waals surface area contributed by atoms with Gasteiger partial charge in [-0.05, 0) is 24.5 Å². The van der Waals surface area contributed by atoms with Crippen molar-refractivity contribution >= 4 is 5.95 Å². The molecule has 0 unspecified atom stereocenters. The van der Waals surface area contributed by atoms with Crippen LogP contribution in [0.15, 0.2) is 4.52 Å². The van der Waals surface area contributed by atoms with E-state index in [1.54, 1.807) is 0 Å². The van der Waals surface area contributed by atoms with Gasteiger partial charge in [0.2, 0.25) is 5.89 Å². The molecule has 0 bridgehead atoms. The first kappa shape index (κ1) is 12.3. The number of anilines is 1. The summed E-state index contributed by atoms with van der Waals surface area (Å²) in [5, 5.41) is 20.3. The highest BCUT2D eigenvalue weighted by molar-refractivity contribution is 5.23. The summed E-state index contributed by atoms with van der Waals surface area (Å²) >= 11 is 0. The van der Waals surface area contributed by atoms with Crippen molar-refractivity contribution < 1.29 is 9.63 Å². The SMILES string of the molecule is CC(C)c1nc(NC[C@@]2(O)CCCNC2)no1. The maximum Gasteiger partial charge on any atom is 0.263 e. The van der Waals surface area contributed by atoms with Crippen LogP contribution in [0.3, 0.4) is 0 Å². The van der Waals surface area contributed by atoms with Crippen LogP contribution >= 0.6 is 0 Å². The van der Waals surface area contributed by atoms with Gasteiger partial charge in [0.15, 0.2) is 0 Å². The lowest BCUT2D eigenvalue weighted by Crippen LogP contribution is -2.50.